The highest BCUT2D eigenvalue weighted by Crippen LogP contribution is 2.15. The van der Waals surface area contributed by atoms with E-state index < -0.39 is 15.7 Å². The van der Waals surface area contributed by atoms with Crippen molar-refractivity contribution >= 4 is 15.7 Å². The molecule has 0 amide bonds. The van der Waals surface area contributed by atoms with Crippen LogP contribution in [0, 0.1) is 0 Å². The molecule has 9 heavy (non-hydrogen) atoms. The van der Waals surface area contributed by atoms with Crippen molar-refractivity contribution in [3.63, 3.8) is 0 Å². The van der Waals surface area contributed by atoms with E-state index in [4.69, 9.17) is 4.43 Å². The molecular formula is C5H16O2Si2. The van der Waals surface area contributed by atoms with Crippen LogP contribution in [0.25, 0.3) is 0 Å². The van der Waals surface area contributed by atoms with E-state index in [1.54, 1.807) is 7.11 Å². The second kappa shape index (κ2) is 2.53. The quantitative estimate of drug-likeness (QED) is 0.620. The van der Waals surface area contributed by atoms with Crippen molar-refractivity contribution in [2.75, 3.05) is 7.11 Å². The Morgan fingerprint density at radius 2 is 1.44 bits per heavy atom. The summed E-state index contributed by atoms with van der Waals surface area (Å²) in [7, 11) is -1.96. The Bertz CT molecular complexity index is 95.6. The Labute approximate surface area is 58.9 Å². The summed E-state index contributed by atoms with van der Waals surface area (Å²) in [5.41, 5.74) is 0. The Hall–Kier alpha value is 0.354. The molecule has 2 nitrogen and oxygen atoms in total. The van der Waals surface area contributed by atoms with Gasteiger partial charge in [-0.25, -0.2) is 0 Å². The van der Waals surface area contributed by atoms with Crippen LogP contribution >= 0.6 is 0 Å². The Kier molecular flexibility index (Phi) is 2.63. The molecule has 0 fully saturated rings. The number of hydrogen-bond donors (Lipinski definition) is 1. The standard InChI is InChI=1S/C5H16O2Si2/c1-7-9(4,5)8(2,3)6/h6H,1-5H3. The van der Waals surface area contributed by atoms with Crippen LogP contribution in [0.4, 0.5) is 0 Å². The predicted octanol–water partition coefficient (Wildman–Crippen LogP) is 1.11. The smallest absolute Gasteiger partial charge is 0.204 e. The summed E-state index contributed by atoms with van der Waals surface area (Å²) in [5.74, 6) is 0. The van der Waals surface area contributed by atoms with Gasteiger partial charge in [0.15, 0.2) is 0 Å². The van der Waals surface area contributed by atoms with Gasteiger partial charge in [0.25, 0.3) is 0 Å². The molecule has 0 aliphatic heterocycles. The van der Waals surface area contributed by atoms with Crippen LogP contribution in [0.15, 0.2) is 0 Å². The maximum absolute atomic E-state index is 9.62. The average Bonchev–Trinajstić information content (AvgIpc) is 1.64. The van der Waals surface area contributed by atoms with E-state index in [0.717, 1.165) is 0 Å². The lowest BCUT2D eigenvalue weighted by molar-refractivity contribution is 0.408. The second-order valence-electron chi connectivity index (χ2n) is 3.27. The molecule has 0 saturated heterocycles. The van der Waals surface area contributed by atoms with Crippen LogP contribution in [-0.2, 0) is 4.43 Å². The van der Waals surface area contributed by atoms with Crippen molar-refractivity contribution in [2.24, 2.45) is 0 Å². The summed E-state index contributed by atoms with van der Waals surface area (Å²) < 4.78 is 5.25. The van der Waals surface area contributed by atoms with Crippen LogP contribution in [0.2, 0.25) is 26.2 Å². The fraction of sp³-hybridized carbons (Fsp3) is 1.00. The van der Waals surface area contributed by atoms with E-state index in [1.165, 1.54) is 0 Å². The first-order valence-electron chi connectivity index (χ1n) is 3.09. The van der Waals surface area contributed by atoms with E-state index >= 15 is 0 Å². The lowest BCUT2D eigenvalue weighted by Gasteiger charge is -2.30. The first-order chi connectivity index (χ1) is 3.81. The van der Waals surface area contributed by atoms with Gasteiger partial charge >= 0.3 is 0 Å². The molecule has 0 heterocycles. The topological polar surface area (TPSA) is 29.5 Å². The maximum Gasteiger partial charge on any atom is 0.204 e. The second-order valence-corrected chi connectivity index (χ2v) is 17.1. The highest BCUT2D eigenvalue weighted by Gasteiger charge is 2.41. The average molecular weight is 164 g/mol. The van der Waals surface area contributed by atoms with Crippen molar-refractivity contribution < 1.29 is 9.22 Å². The van der Waals surface area contributed by atoms with Crippen LogP contribution in [0.5, 0.6) is 0 Å². The van der Waals surface area contributed by atoms with Gasteiger partial charge in [0.2, 0.25) is 15.7 Å². The molecule has 0 aliphatic carbocycles. The van der Waals surface area contributed by atoms with Crippen molar-refractivity contribution in [1.82, 2.24) is 0 Å². The molecule has 0 aromatic carbocycles. The molecular weight excluding hydrogens is 148 g/mol. The third-order valence-electron chi connectivity index (χ3n) is 1.98. The van der Waals surface area contributed by atoms with Gasteiger partial charge in [0.05, 0.1) is 0 Å². The zero-order chi connectivity index (χ0) is 7.71. The molecule has 0 aliphatic rings. The molecule has 0 atom stereocenters. The molecule has 1 N–H and O–H groups in total. The zero-order valence-electron chi connectivity index (χ0n) is 6.86. The van der Waals surface area contributed by atoms with Gasteiger partial charge in [-0.1, -0.05) is 0 Å². The van der Waals surface area contributed by atoms with Gasteiger partial charge in [-0.05, 0) is 26.2 Å². The molecule has 0 unspecified atom stereocenters. The van der Waals surface area contributed by atoms with E-state index in [9.17, 15) is 4.80 Å². The zero-order valence-corrected chi connectivity index (χ0v) is 8.86. The molecule has 0 spiro atoms. The van der Waals surface area contributed by atoms with Crippen molar-refractivity contribution in [3.05, 3.63) is 0 Å². The van der Waals surface area contributed by atoms with E-state index in [1.807, 2.05) is 13.1 Å². The minimum absolute atomic E-state index is 1.68. The summed E-state index contributed by atoms with van der Waals surface area (Å²) in [5, 5.41) is 0. The first-order valence-corrected chi connectivity index (χ1v) is 9.94. The third kappa shape index (κ3) is 2.21. The summed E-state index contributed by atoms with van der Waals surface area (Å²) in [6, 6.07) is 0. The van der Waals surface area contributed by atoms with Gasteiger partial charge in [-0.2, -0.15) is 0 Å². The Balaban J connectivity index is 4.14. The molecule has 0 aromatic rings. The van der Waals surface area contributed by atoms with Crippen LogP contribution in [0.3, 0.4) is 0 Å². The van der Waals surface area contributed by atoms with Gasteiger partial charge in [0.1, 0.15) is 0 Å². The Morgan fingerprint density at radius 1 is 1.11 bits per heavy atom. The third-order valence-corrected chi connectivity index (χ3v) is 15.4. The summed E-state index contributed by atoms with van der Waals surface area (Å²) >= 11 is 0. The summed E-state index contributed by atoms with van der Waals surface area (Å²) in [6.07, 6.45) is 0. The van der Waals surface area contributed by atoms with E-state index in [0.29, 0.717) is 0 Å². The predicted molar refractivity (Wildman–Crippen MR) is 44.2 cm³/mol. The SMILES string of the molecule is CO[Si](C)(C)[Si](C)(C)O. The normalized spacial score (nSPS) is 14.0. The van der Waals surface area contributed by atoms with Crippen LogP contribution in [0.1, 0.15) is 0 Å². The Morgan fingerprint density at radius 3 is 1.44 bits per heavy atom. The molecule has 0 rings (SSSR count). The van der Waals surface area contributed by atoms with E-state index in [-0.39, 0.29) is 0 Å². The van der Waals surface area contributed by atoms with Gasteiger partial charge in [-0.3, -0.25) is 0 Å². The monoisotopic (exact) mass is 164 g/mol. The largest absolute Gasteiger partial charge is 0.432 e. The lowest BCUT2D eigenvalue weighted by Crippen LogP contribution is -2.56. The molecule has 4 heteroatoms. The minimum Gasteiger partial charge on any atom is -0.432 e. The molecule has 0 saturated carbocycles. The molecule has 0 radical (unpaired) electrons. The van der Waals surface area contributed by atoms with Gasteiger partial charge < -0.3 is 9.22 Å². The fourth-order valence-electron chi connectivity index (χ4n) is 0.250. The molecule has 0 aromatic heterocycles. The summed E-state index contributed by atoms with van der Waals surface area (Å²) in [4.78, 5) is 9.62. The molecule has 56 valence electrons. The molecule has 0 bridgehead atoms. The number of hydrogen-bond acceptors (Lipinski definition) is 2. The first kappa shape index (κ1) is 9.35. The minimum atomic E-state index is -1.97. The van der Waals surface area contributed by atoms with E-state index in [2.05, 4.69) is 13.1 Å². The van der Waals surface area contributed by atoms with Crippen molar-refractivity contribution in [1.29, 1.82) is 0 Å². The highest BCUT2D eigenvalue weighted by atomic mass is 29.3. The van der Waals surface area contributed by atoms with Gasteiger partial charge in [-0.15, -0.1) is 0 Å². The summed E-state index contributed by atoms with van der Waals surface area (Å²) in [6.45, 7) is 7.98. The lowest BCUT2D eigenvalue weighted by atomic mass is 11.8. The fourth-order valence-corrected chi connectivity index (χ4v) is 2.25. The maximum atomic E-state index is 9.62. The highest BCUT2D eigenvalue weighted by molar-refractivity contribution is 7.35. The van der Waals surface area contributed by atoms with Crippen LogP contribution in [-0.4, -0.2) is 27.6 Å². The van der Waals surface area contributed by atoms with Crippen molar-refractivity contribution in [2.45, 2.75) is 26.2 Å². The van der Waals surface area contributed by atoms with Crippen LogP contribution < -0.4 is 0 Å². The van der Waals surface area contributed by atoms with Gasteiger partial charge in [0, 0.05) is 7.11 Å². The van der Waals surface area contributed by atoms with Crippen molar-refractivity contribution in [3.8, 4) is 0 Å². The number of rotatable bonds is 2.